The van der Waals surface area contributed by atoms with Crippen molar-refractivity contribution in [3.8, 4) is 28.6 Å². The lowest BCUT2D eigenvalue weighted by Gasteiger charge is -2.12. The van der Waals surface area contributed by atoms with Crippen molar-refractivity contribution in [3.05, 3.63) is 127 Å². The minimum absolute atomic E-state index is 0.226. The van der Waals surface area contributed by atoms with Crippen molar-refractivity contribution >= 4 is 53.4 Å². The van der Waals surface area contributed by atoms with Crippen molar-refractivity contribution in [2.45, 2.75) is 23.1 Å². The molecule has 0 unspecified atom stereocenters. The van der Waals surface area contributed by atoms with E-state index in [2.05, 4.69) is 46.4 Å². The number of rotatable bonds is 8. The molecule has 0 saturated carbocycles. The number of ether oxygens (including phenoxy) is 3. The summed E-state index contributed by atoms with van der Waals surface area (Å²) in [6.45, 7) is 2.15. The number of aryl methyl sites for hydroxylation is 1. The third kappa shape index (κ3) is 4.90. The first-order valence-electron chi connectivity index (χ1n) is 16.1. The largest absolute Gasteiger partial charge is 0.497 e. The molecule has 0 fully saturated rings. The maximum atomic E-state index is 13.9. The second-order valence-electron chi connectivity index (χ2n) is 12.0. The van der Waals surface area contributed by atoms with E-state index >= 15 is 0 Å². The summed E-state index contributed by atoms with van der Waals surface area (Å²) in [6, 6.07) is 38.7. The van der Waals surface area contributed by atoms with E-state index in [0.717, 1.165) is 78.7 Å². The molecule has 0 saturated heterocycles. The van der Waals surface area contributed by atoms with Crippen molar-refractivity contribution < 1.29 is 22.6 Å². The monoisotopic (exact) mass is 666 g/mol. The van der Waals surface area contributed by atoms with Gasteiger partial charge >= 0.3 is 0 Å². The van der Waals surface area contributed by atoms with Gasteiger partial charge in [-0.3, -0.25) is 0 Å². The molecule has 6 aromatic carbocycles. The molecular weight excluding hydrogens is 633 g/mol. The fourth-order valence-corrected chi connectivity index (χ4v) is 8.13. The van der Waals surface area contributed by atoms with Crippen LogP contribution >= 0.6 is 0 Å². The fraction of sp³-hybridized carbons (Fsp3) is 0.122. The molecule has 0 amide bonds. The van der Waals surface area contributed by atoms with Gasteiger partial charge in [0.25, 0.3) is 0 Å². The van der Waals surface area contributed by atoms with Crippen LogP contribution < -0.4 is 14.2 Å². The van der Waals surface area contributed by atoms with E-state index in [0.29, 0.717) is 0 Å². The molecule has 7 nitrogen and oxygen atoms in total. The number of fused-ring (bicyclic) bond motifs is 6. The molecule has 8 rings (SSSR count). The summed E-state index contributed by atoms with van der Waals surface area (Å²) in [5.74, 6) is 2.30. The average molecular weight is 667 g/mol. The minimum Gasteiger partial charge on any atom is -0.497 e. The summed E-state index contributed by atoms with van der Waals surface area (Å²) in [6.07, 6.45) is 0.934. The highest BCUT2D eigenvalue weighted by molar-refractivity contribution is 7.91. The molecule has 0 N–H and O–H groups in total. The molecule has 0 bridgehead atoms. The zero-order valence-electron chi connectivity index (χ0n) is 27.6. The molecule has 8 aromatic rings. The van der Waals surface area contributed by atoms with Gasteiger partial charge in [0.1, 0.15) is 17.2 Å². The second-order valence-corrected chi connectivity index (χ2v) is 14.0. The Kier molecular flexibility index (Phi) is 7.34. The first kappa shape index (κ1) is 30.6. The van der Waals surface area contributed by atoms with Gasteiger partial charge in [0.2, 0.25) is 9.84 Å². The predicted octanol–water partition coefficient (Wildman–Crippen LogP) is 9.30. The summed E-state index contributed by atoms with van der Waals surface area (Å²) >= 11 is 0. The van der Waals surface area contributed by atoms with E-state index in [-0.39, 0.29) is 9.79 Å². The van der Waals surface area contributed by atoms with E-state index in [1.165, 1.54) is 5.56 Å². The lowest BCUT2D eigenvalue weighted by Crippen LogP contribution is -2.03. The highest BCUT2D eigenvalue weighted by atomic mass is 32.2. The van der Waals surface area contributed by atoms with Gasteiger partial charge in [0.15, 0.2) is 0 Å². The lowest BCUT2D eigenvalue weighted by molar-refractivity contribution is 0.415. The molecule has 2 aromatic heterocycles. The van der Waals surface area contributed by atoms with Crippen LogP contribution in [-0.2, 0) is 16.3 Å². The van der Waals surface area contributed by atoms with Crippen molar-refractivity contribution in [3.63, 3.8) is 0 Å². The smallest absolute Gasteiger partial charge is 0.206 e. The molecule has 0 radical (unpaired) electrons. The van der Waals surface area contributed by atoms with Gasteiger partial charge < -0.3 is 23.3 Å². The standard InChI is InChI=1S/C41H34N2O5S/c1-5-26-6-18-38-34(22-26)35-23-29(46-2)11-19-39(35)42(38)27-7-14-32(15-8-27)49(44,45)33-16-9-28(10-17-33)43-40-20-12-30(47-3)24-36(40)37-25-31(48-4)13-21-41(37)43/h6-25H,5H2,1-4H3. The Labute approximate surface area is 284 Å². The Hall–Kier alpha value is -5.73. The average Bonchev–Trinajstić information content (AvgIpc) is 3.65. The van der Waals surface area contributed by atoms with Crippen LogP contribution in [0.25, 0.3) is 55.0 Å². The number of aromatic nitrogens is 2. The fourth-order valence-electron chi connectivity index (χ4n) is 6.87. The number of hydrogen-bond acceptors (Lipinski definition) is 5. The van der Waals surface area contributed by atoms with Gasteiger partial charge in [0.05, 0.1) is 53.2 Å². The van der Waals surface area contributed by atoms with Crippen molar-refractivity contribution in [1.82, 2.24) is 9.13 Å². The summed E-state index contributed by atoms with van der Waals surface area (Å²) in [4.78, 5) is 0.458. The van der Waals surface area contributed by atoms with Gasteiger partial charge in [-0.15, -0.1) is 0 Å². The zero-order chi connectivity index (χ0) is 33.9. The highest BCUT2D eigenvalue weighted by Gasteiger charge is 2.20. The van der Waals surface area contributed by atoms with Crippen molar-refractivity contribution in [2.75, 3.05) is 21.3 Å². The Balaban J connectivity index is 1.17. The Morgan fingerprint density at radius 3 is 1.16 bits per heavy atom. The minimum atomic E-state index is -3.78. The van der Waals surface area contributed by atoms with Gasteiger partial charge in [-0.05, 0) is 127 Å². The summed E-state index contributed by atoms with van der Waals surface area (Å²) < 4.78 is 48.7. The lowest BCUT2D eigenvalue weighted by atomic mass is 10.1. The van der Waals surface area contributed by atoms with Gasteiger partial charge in [-0.1, -0.05) is 13.0 Å². The van der Waals surface area contributed by atoms with Crippen LogP contribution in [0.5, 0.6) is 17.2 Å². The topological polar surface area (TPSA) is 71.7 Å². The predicted molar refractivity (Wildman–Crippen MR) is 196 cm³/mol. The van der Waals surface area contributed by atoms with E-state index in [1.807, 2.05) is 66.7 Å². The Bertz CT molecular complexity index is 2350. The van der Waals surface area contributed by atoms with Crippen molar-refractivity contribution in [1.29, 1.82) is 0 Å². The highest BCUT2D eigenvalue weighted by Crippen LogP contribution is 2.38. The van der Waals surface area contributed by atoms with Crippen LogP contribution in [0.2, 0.25) is 0 Å². The van der Waals surface area contributed by atoms with Crippen LogP contribution in [-0.4, -0.2) is 38.9 Å². The van der Waals surface area contributed by atoms with E-state index in [9.17, 15) is 8.42 Å². The van der Waals surface area contributed by atoms with Crippen molar-refractivity contribution in [2.24, 2.45) is 0 Å². The molecular formula is C41H34N2O5S. The number of methoxy groups -OCH3 is 3. The molecule has 49 heavy (non-hydrogen) atoms. The Morgan fingerprint density at radius 2 is 0.816 bits per heavy atom. The number of benzene rings is 6. The number of hydrogen-bond donors (Lipinski definition) is 0. The third-order valence-electron chi connectivity index (χ3n) is 9.43. The SMILES string of the molecule is CCc1ccc2c(c1)c1cc(OC)ccc1n2-c1ccc(S(=O)(=O)c2ccc(-n3c4ccc(OC)cc4c4cc(OC)ccc43)cc2)cc1. The van der Waals surface area contributed by atoms with E-state index in [4.69, 9.17) is 14.2 Å². The maximum Gasteiger partial charge on any atom is 0.206 e. The van der Waals surface area contributed by atoms with Gasteiger partial charge in [-0.2, -0.15) is 0 Å². The van der Waals surface area contributed by atoms with Crippen LogP contribution in [0.3, 0.4) is 0 Å². The Morgan fingerprint density at radius 1 is 0.469 bits per heavy atom. The molecule has 0 aliphatic carbocycles. The van der Waals surface area contributed by atoms with Gasteiger partial charge in [-0.25, -0.2) is 8.42 Å². The first-order valence-corrected chi connectivity index (χ1v) is 17.6. The molecule has 2 heterocycles. The third-order valence-corrected chi connectivity index (χ3v) is 11.2. The quantitative estimate of drug-likeness (QED) is 0.162. The second kappa shape index (κ2) is 11.8. The zero-order valence-corrected chi connectivity index (χ0v) is 28.4. The number of nitrogens with zero attached hydrogens (tertiary/aromatic N) is 2. The summed E-state index contributed by atoms with van der Waals surface area (Å²) in [7, 11) is 1.19. The molecule has 0 spiro atoms. The summed E-state index contributed by atoms with van der Waals surface area (Å²) in [5.41, 5.74) is 7.00. The molecule has 8 heteroatoms. The van der Waals surface area contributed by atoms with E-state index < -0.39 is 9.84 Å². The van der Waals surface area contributed by atoms with E-state index in [1.54, 1.807) is 45.6 Å². The number of sulfone groups is 1. The summed E-state index contributed by atoms with van der Waals surface area (Å²) in [5, 5.41) is 4.24. The van der Waals surface area contributed by atoms with Crippen LogP contribution in [0.1, 0.15) is 12.5 Å². The first-order chi connectivity index (χ1) is 23.8. The molecule has 0 aliphatic rings. The van der Waals surface area contributed by atoms with Gasteiger partial charge in [0, 0.05) is 32.9 Å². The molecule has 0 aliphatic heterocycles. The molecule has 244 valence electrons. The van der Waals surface area contributed by atoms with Crippen LogP contribution in [0, 0.1) is 0 Å². The van der Waals surface area contributed by atoms with Crippen LogP contribution in [0.4, 0.5) is 0 Å². The normalized spacial score (nSPS) is 11.9. The van der Waals surface area contributed by atoms with Crippen LogP contribution in [0.15, 0.2) is 131 Å². The molecule has 0 atom stereocenters. The maximum absolute atomic E-state index is 13.9.